The maximum atomic E-state index is 12.5. The van der Waals surface area contributed by atoms with Crippen LogP contribution in [0.1, 0.15) is 45.6 Å². The lowest BCUT2D eigenvalue weighted by molar-refractivity contribution is -0.118. The molecule has 0 aromatic heterocycles. The van der Waals surface area contributed by atoms with Crippen molar-refractivity contribution in [3.05, 3.63) is 35.9 Å². The molecular formula is C18H25NO3. The highest BCUT2D eigenvalue weighted by atomic mass is 16.6. The van der Waals surface area contributed by atoms with Gasteiger partial charge in [-0.25, -0.2) is 4.79 Å². The number of ether oxygens (including phenoxy) is 1. The van der Waals surface area contributed by atoms with Gasteiger partial charge in [0.05, 0.1) is 0 Å². The average Bonchev–Trinajstić information content (AvgIpc) is 2.89. The summed E-state index contributed by atoms with van der Waals surface area (Å²) in [5.41, 5.74) is 0.972. The molecule has 0 saturated carbocycles. The lowest BCUT2D eigenvalue weighted by Crippen LogP contribution is -2.44. The molecule has 1 aromatic carbocycles. The van der Waals surface area contributed by atoms with Gasteiger partial charge < -0.3 is 9.64 Å². The van der Waals surface area contributed by atoms with Gasteiger partial charge in [-0.1, -0.05) is 44.2 Å². The van der Waals surface area contributed by atoms with E-state index in [9.17, 15) is 9.59 Å². The van der Waals surface area contributed by atoms with E-state index in [1.165, 1.54) is 0 Å². The zero-order chi connectivity index (χ0) is 16.1. The van der Waals surface area contributed by atoms with Crippen molar-refractivity contribution in [1.82, 2.24) is 4.90 Å². The number of nitrogens with zero attached hydrogens (tertiary/aromatic N) is 1. The van der Waals surface area contributed by atoms with E-state index in [0.717, 1.165) is 18.4 Å². The van der Waals surface area contributed by atoms with Crippen LogP contribution >= 0.6 is 0 Å². The lowest BCUT2D eigenvalue weighted by Gasteiger charge is -2.31. The SMILES string of the molecule is CC(=O)C[C@@H]1CC[C@H](C(C)C)N1C(=O)OCc1ccccc1. The van der Waals surface area contributed by atoms with Crippen LogP contribution < -0.4 is 0 Å². The smallest absolute Gasteiger partial charge is 0.410 e. The molecule has 1 aliphatic rings. The first kappa shape index (κ1) is 16.5. The Balaban J connectivity index is 2.03. The number of hydrogen-bond acceptors (Lipinski definition) is 3. The van der Waals surface area contributed by atoms with Crippen LogP contribution in [0, 0.1) is 5.92 Å². The molecule has 1 amide bonds. The fourth-order valence-corrected chi connectivity index (χ4v) is 3.18. The van der Waals surface area contributed by atoms with Crippen LogP contribution in [-0.4, -0.2) is 28.9 Å². The quantitative estimate of drug-likeness (QED) is 0.831. The van der Waals surface area contributed by atoms with Gasteiger partial charge in [0, 0.05) is 18.5 Å². The van der Waals surface area contributed by atoms with Crippen LogP contribution in [0.2, 0.25) is 0 Å². The summed E-state index contributed by atoms with van der Waals surface area (Å²) < 4.78 is 5.48. The molecule has 120 valence electrons. The molecule has 4 nitrogen and oxygen atoms in total. The fraction of sp³-hybridized carbons (Fsp3) is 0.556. The number of carbonyl (C=O) groups excluding carboxylic acids is 2. The van der Waals surface area contributed by atoms with Gasteiger partial charge in [-0.15, -0.1) is 0 Å². The van der Waals surface area contributed by atoms with Crippen molar-refractivity contribution < 1.29 is 14.3 Å². The highest BCUT2D eigenvalue weighted by molar-refractivity contribution is 5.77. The van der Waals surface area contributed by atoms with Crippen molar-refractivity contribution in [3.8, 4) is 0 Å². The van der Waals surface area contributed by atoms with Crippen molar-refractivity contribution in [2.24, 2.45) is 5.92 Å². The molecule has 4 heteroatoms. The van der Waals surface area contributed by atoms with Crippen LogP contribution in [0.25, 0.3) is 0 Å². The number of hydrogen-bond donors (Lipinski definition) is 0. The first-order valence-electron chi connectivity index (χ1n) is 7.97. The Morgan fingerprint density at radius 1 is 1.23 bits per heavy atom. The summed E-state index contributed by atoms with van der Waals surface area (Å²) in [4.78, 5) is 25.8. The Morgan fingerprint density at radius 3 is 2.50 bits per heavy atom. The molecule has 1 saturated heterocycles. The van der Waals surface area contributed by atoms with Crippen molar-refractivity contribution in [2.45, 2.75) is 58.7 Å². The first-order chi connectivity index (χ1) is 10.5. The summed E-state index contributed by atoms with van der Waals surface area (Å²) in [6, 6.07) is 9.79. The largest absolute Gasteiger partial charge is 0.445 e. The molecule has 0 aliphatic carbocycles. The van der Waals surface area contributed by atoms with Gasteiger partial charge in [-0.05, 0) is 31.2 Å². The third-order valence-electron chi connectivity index (χ3n) is 4.25. The van der Waals surface area contributed by atoms with Crippen LogP contribution in [-0.2, 0) is 16.1 Å². The molecule has 2 rings (SSSR count). The molecule has 1 aromatic rings. The summed E-state index contributed by atoms with van der Waals surface area (Å²) in [5.74, 6) is 0.483. The molecule has 0 unspecified atom stereocenters. The van der Waals surface area contributed by atoms with E-state index >= 15 is 0 Å². The second-order valence-corrected chi connectivity index (χ2v) is 6.40. The van der Waals surface area contributed by atoms with E-state index in [1.807, 2.05) is 30.3 Å². The number of likely N-dealkylation sites (tertiary alicyclic amines) is 1. The third kappa shape index (κ3) is 4.09. The van der Waals surface area contributed by atoms with Gasteiger partial charge in [0.25, 0.3) is 0 Å². The van der Waals surface area contributed by atoms with Crippen LogP contribution in [0.4, 0.5) is 4.79 Å². The second kappa shape index (κ2) is 7.43. The predicted octanol–water partition coefficient (Wildman–Crippen LogP) is 3.79. The monoisotopic (exact) mass is 303 g/mol. The van der Waals surface area contributed by atoms with Gasteiger partial charge in [0.2, 0.25) is 0 Å². The summed E-state index contributed by atoms with van der Waals surface area (Å²) >= 11 is 0. The number of benzene rings is 1. The summed E-state index contributed by atoms with van der Waals surface area (Å²) in [6.07, 6.45) is 1.94. The van der Waals surface area contributed by atoms with Gasteiger partial charge >= 0.3 is 6.09 Å². The summed E-state index contributed by atoms with van der Waals surface area (Å²) in [6.45, 7) is 6.07. The van der Waals surface area contributed by atoms with Crippen molar-refractivity contribution in [2.75, 3.05) is 0 Å². The van der Waals surface area contributed by atoms with E-state index in [4.69, 9.17) is 4.74 Å². The summed E-state index contributed by atoms with van der Waals surface area (Å²) in [7, 11) is 0. The highest BCUT2D eigenvalue weighted by Crippen LogP contribution is 2.31. The Hall–Kier alpha value is -1.84. The second-order valence-electron chi connectivity index (χ2n) is 6.40. The Bertz CT molecular complexity index is 512. The zero-order valence-electron chi connectivity index (χ0n) is 13.6. The predicted molar refractivity (Wildman–Crippen MR) is 85.4 cm³/mol. The van der Waals surface area contributed by atoms with Crippen LogP contribution in [0.15, 0.2) is 30.3 Å². The number of rotatable bonds is 5. The topological polar surface area (TPSA) is 46.6 Å². The van der Waals surface area contributed by atoms with E-state index in [-0.39, 0.29) is 30.6 Å². The fourth-order valence-electron chi connectivity index (χ4n) is 3.18. The molecule has 1 fully saturated rings. The number of ketones is 1. The Morgan fingerprint density at radius 2 is 1.91 bits per heavy atom. The van der Waals surface area contributed by atoms with Crippen LogP contribution in [0.3, 0.4) is 0 Å². The van der Waals surface area contributed by atoms with Crippen molar-refractivity contribution >= 4 is 11.9 Å². The van der Waals surface area contributed by atoms with Gasteiger partial charge in [0.15, 0.2) is 0 Å². The van der Waals surface area contributed by atoms with E-state index in [1.54, 1.807) is 11.8 Å². The minimum absolute atomic E-state index is 0.0202. The molecular weight excluding hydrogens is 278 g/mol. The molecule has 0 bridgehead atoms. The third-order valence-corrected chi connectivity index (χ3v) is 4.25. The molecule has 22 heavy (non-hydrogen) atoms. The number of amides is 1. The molecule has 0 N–H and O–H groups in total. The molecule has 0 radical (unpaired) electrons. The van der Waals surface area contributed by atoms with Crippen molar-refractivity contribution in [3.63, 3.8) is 0 Å². The van der Waals surface area contributed by atoms with Gasteiger partial charge in [0.1, 0.15) is 12.4 Å². The van der Waals surface area contributed by atoms with Gasteiger partial charge in [-0.3, -0.25) is 4.79 Å². The zero-order valence-corrected chi connectivity index (χ0v) is 13.6. The lowest BCUT2D eigenvalue weighted by atomic mass is 10.0. The maximum Gasteiger partial charge on any atom is 0.410 e. The van der Waals surface area contributed by atoms with Gasteiger partial charge in [-0.2, -0.15) is 0 Å². The van der Waals surface area contributed by atoms with E-state index in [2.05, 4.69) is 13.8 Å². The maximum absolute atomic E-state index is 12.5. The Labute approximate surface area is 132 Å². The highest BCUT2D eigenvalue weighted by Gasteiger charge is 2.39. The normalized spacial score (nSPS) is 21.2. The van der Waals surface area contributed by atoms with E-state index in [0.29, 0.717) is 12.3 Å². The van der Waals surface area contributed by atoms with Crippen molar-refractivity contribution in [1.29, 1.82) is 0 Å². The Kier molecular flexibility index (Phi) is 5.58. The molecule has 2 atom stereocenters. The minimum atomic E-state index is -0.300. The average molecular weight is 303 g/mol. The van der Waals surface area contributed by atoms with E-state index < -0.39 is 0 Å². The minimum Gasteiger partial charge on any atom is -0.445 e. The molecule has 0 spiro atoms. The standard InChI is InChI=1S/C18H25NO3/c1-13(2)17-10-9-16(11-14(3)20)19(17)18(21)22-12-15-7-5-4-6-8-15/h4-8,13,16-17H,9-12H2,1-3H3/t16-,17+/m0/s1. The molecule has 1 aliphatic heterocycles. The first-order valence-corrected chi connectivity index (χ1v) is 7.97. The molecule has 1 heterocycles. The van der Waals surface area contributed by atoms with Crippen LogP contribution in [0.5, 0.6) is 0 Å². The summed E-state index contributed by atoms with van der Waals surface area (Å²) in [5, 5.41) is 0. The number of Topliss-reactive ketones (excluding diaryl/α,β-unsaturated/α-hetero) is 1. The number of carbonyl (C=O) groups is 2.